The fraction of sp³-hybridized carbons (Fsp3) is 0.875. The lowest BCUT2D eigenvalue weighted by molar-refractivity contribution is -0.145. The van der Waals surface area contributed by atoms with E-state index < -0.39 is 24.7 Å². The molecule has 2 nitrogen and oxygen atoms in total. The summed E-state index contributed by atoms with van der Waals surface area (Å²) in [5.41, 5.74) is 0. The fourth-order valence-corrected chi connectivity index (χ4v) is 1.75. The molecule has 1 aliphatic carbocycles. The van der Waals surface area contributed by atoms with Crippen molar-refractivity contribution in [1.29, 1.82) is 0 Å². The molecule has 0 spiro atoms. The Bertz CT molecular complexity index is 223. The minimum atomic E-state index is -4.93. The molecule has 0 N–H and O–H groups in total. The molecule has 1 aliphatic rings. The van der Waals surface area contributed by atoms with Crippen LogP contribution in [0.15, 0.2) is 0 Å². The van der Waals surface area contributed by atoms with Crippen molar-refractivity contribution in [3.63, 3.8) is 0 Å². The molecule has 1 fully saturated rings. The Morgan fingerprint density at radius 2 is 2.00 bits per heavy atom. The van der Waals surface area contributed by atoms with Crippen LogP contribution in [-0.2, 0) is 9.53 Å². The molecule has 0 aliphatic heterocycles. The number of hydrogen-bond acceptors (Lipinski definition) is 2. The molecule has 0 bridgehead atoms. The Labute approximate surface area is 80.9 Å². The number of hydrogen-bond donors (Lipinski definition) is 0. The SMILES string of the molecule is CCOC(=O)CC1([B-](F)(F)F)CCC1. The van der Waals surface area contributed by atoms with Gasteiger partial charge in [-0.3, -0.25) is 4.79 Å². The highest BCUT2D eigenvalue weighted by Crippen LogP contribution is 2.59. The van der Waals surface area contributed by atoms with Gasteiger partial charge >= 0.3 is 12.9 Å². The van der Waals surface area contributed by atoms with Gasteiger partial charge in [0.1, 0.15) is 0 Å². The van der Waals surface area contributed by atoms with E-state index >= 15 is 0 Å². The van der Waals surface area contributed by atoms with Gasteiger partial charge in [-0.25, -0.2) is 0 Å². The lowest BCUT2D eigenvalue weighted by Crippen LogP contribution is -2.43. The van der Waals surface area contributed by atoms with Gasteiger partial charge in [-0.2, -0.15) is 0 Å². The highest BCUT2D eigenvalue weighted by atomic mass is 19.4. The first-order valence-electron chi connectivity index (χ1n) is 4.76. The van der Waals surface area contributed by atoms with Crippen LogP contribution in [0.2, 0.25) is 5.31 Å². The minimum Gasteiger partial charge on any atom is -0.466 e. The van der Waals surface area contributed by atoms with Crippen molar-refractivity contribution >= 4 is 12.9 Å². The molecule has 82 valence electrons. The van der Waals surface area contributed by atoms with Crippen LogP contribution < -0.4 is 0 Å². The van der Waals surface area contributed by atoms with E-state index in [1.54, 1.807) is 6.92 Å². The summed E-state index contributed by atoms with van der Waals surface area (Å²) in [4.78, 5) is 11.0. The first-order valence-corrected chi connectivity index (χ1v) is 4.76. The zero-order valence-corrected chi connectivity index (χ0v) is 8.06. The molecule has 14 heavy (non-hydrogen) atoms. The molecule has 0 unspecified atom stereocenters. The maximum Gasteiger partial charge on any atom is 0.484 e. The van der Waals surface area contributed by atoms with Crippen LogP contribution >= 0.6 is 0 Å². The summed E-state index contributed by atoms with van der Waals surface area (Å²) >= 11 is 0. The van der Waals surface area contributed by atoms with Crippen LogP contribution in [0.25, 0.3) is 0 Å². The first-order chi connectivity index (χ1) is 6.41. The highest BCUT2D eigenvalue weighted by Gasteiger charge is 2.54. The summed E-state index contributed by atoms with van der Waals surface area (Å²) in [5, 5.41) is -1.73. The third-order valence-corrected chi connectivity index (χ3v) is 2.85. The minimum absolute atomic E-state index is 0.0787. The number of rotatable bonds is 4. The van der Waals surface area contributed by atoms with Crippen molar-refractivity contribution in [3.8, 4) is 0 Å². The maximum absolute atomic E-state index is 12.6. The van der Waals surface area contributed by atoms with E-state index in [1.165, 1.54) is 0 Å². The van der Waals surface area contributed by atoms with E-state index in [1.807, 2.05) is 0 Å². The van der Waals surface area contributed by atoms with Crippen molar-refractivity contribution in [2.45, 2.75) is 37.9 Å². The fourth-order valence-electron chi connectivity index (χ4n) is 1.75. The van der Waals surface area contributed by atoms with Crippen LogP contribution in [0, 0.1) is 0 Å². The molecular weight excluding hydrogens is 196 g/mol. The van der Waals surface area contributed by atoms with E-state index in [2.05, 4.69) is 4.74 Å². The number of halogens is 3. The number of carbonyl (C=O) groups is 1. The van der Waals surface area contributed by atoms with Gasteiger partial charge in [-0.1, -0.05) is 24.6 Å². The van der Waals surface area contributed by atoms with E-state index in [9.17, 15) is 17.7 Å². The number of ether oxygens (including phenoxy) is 1. The third kappa shape index (κ3) is 2.04. The molecule has 0 heterocycles. The van der Waals surface area contributed by atoms with Gasteiger partial charge in [-0.15, -0.1) is 0 Å². The normalized spacial score (nSPS) is 20.0. The van der Waals surface area contributed by atoms with Gasteiger partial charge < -0.3 is 17.7 Å². The second-order valence-electron chi connectivity index (χ2n) is 3.77. The van der Waals surface area contributed by atoms with Crippen LogP contribution in [0.4, 0.5) is 12.9 Å². The zero-order chi connectivity index (χ0) is 10.8. The van der Waals surface area contributed by atoms with Crippen molar-refractivity contribution in [1.82, 2.24) is 0 Å². The van der Waals surface area contributed by atoms with Crippen molar-refractivity contribution in [3.05, 3.63) is 0 Å². The number of carbonyl (C=O) groups excluding carboxylic acids is 1. The van der Waals surface area contributed by atoms with E-state index in [0.29, 0.717) is 6.42 Å². The smallest absolute Gasteiger partial charge is 0.466 e. The summed E-state index contributed by atoms with van der Waals surface area (Å²) < 4.78 is 42.4. The average Bonchev–Trinajstić information content (AvgIpc) is 1.94. The van der Waals surface area contributed by atoms with Crippen LogP contribution in [0.5, 0.6) is 0 Å². The average molecular weight is 209 g/mol. The topological polar surface area (TPSA) is 26.3 Å². The van der Waals surface area contributed by atoms with Crippen molar-refractivity contribution < 1.29 is 22.5 Å². The summed E-state index contributed by atoms with van der Waals surface area (Å²) in [6.07, 6.45) is 0.218. The predicted molar refractivity (Wildman–Crippen MR) is 46.9 cm³/mol. The summed E-state index contributed by atoms with van der Waals surface area (Å²) in [6.45, 7) is -3.20. The van der Waals surface area contributed by atoms with E-state index in [0.717, 1.165) is 0 Å². The summed E-state index contributed by atoms with van der Waals surface area (Å²) in [5.74, 6) is -0.730. The lowest BCUT2D eigenvalue weighted by Gasteiger charge is -2.48. The van der Waals surface area contributed by atoms with E-state index in [4.69, 9.17) is 0 Å². The molecule has 0 amide bonds. The zero-order valence-electron chi connectivity index (χ0n) is 8.06. The largest absolute Gasteiger partial charge is 0.484 e. The molecule has 0 saturated heterocycles. The first kappa shape index (κ1) is 11.4. The van der Waals surface area contributed by atoms with Crippen LogP contribution in [-0.4, -0.2) is 19.6 Å². The Balaban J connectivity index is 2.59. The summed E-state index contributed by atoms with van der Waals surface area (Å²) in [6, 6.07) is 0. The maximum atomic E-state index is 12.6. The molecular formula is C8H13BF3O2-. The monoisotopic (exact) mass is 209 g/mol. The molecule has 6 heteroatoms. The highest BCUT2D eigenvalue weighted by molar-refractivity contribution is 6.62. The van der Waals surface area contributed by atoms with Crippen LogP contribution in [0.3, 0.4) is 0 Å². The Kier molecular flexibility index (Phi) is 3.12. The Hall–Kier alpha value is -0.675. The van der Waals surface area contributed by atoms with Crippen molar-refractivity contribution in [2.75, 3.05) is 6.61 Å². The Morgan fingerprint density at radius 1 is 1.43 bits per heavy atom. The van der Waals surface area contributed by atoms with E-state index in [-0.39, 0.29) is 19.4 Å². The van der Waals surface area contributed by atoms with Gasteiger partial charge in [0.05, 0.1) is 6.61 Å². The molecule has 0 aromatic heterocycles. The molecule has 0 aromatic rings. The molecule has 0 radical (unpaired) electrons. The standard InChI is InChI=1S/C8H13BF3O2/c1-2-14-7(13)6-8(4-3-5-8)9(10,11)12/h2-6H2,1H3/q-1. The molecule has 0 atom stereocenters. The quantitative estimate of drug-likeness (QED) is 0.525. The van der Waals surface area contributed by atoms with Gasteiger partial charge in [0.2, 0.25) is 0 Å². The molecule has 1 saturated carbocycles. The second kappa shape index (κ2) is 3.83. The molecule has 0 aromatic carbocycles. The van der Waals surface area contributed by atoms with Gasteiger partial charge in [-0.05, 0) is 6.92 Å². The molecule has 1 rings (SSSR count). The van der Waals surface area contributed by atoms with Crippen molar-refractivity contribution in [2.24, 2.45) is 0 Å². The predicted octanol–water partition coefficient (Wildman–Crippen LogP) is 2.71. The Morgan fingerprint density at radius 3 is 2.29 bits per heavy atom. The lowest BCUT2D eigenvalue weighted by atomic mass is 9.46. The summed E-state index contributed by atoms with van der Waals surface area (Å²) in [7, 11) is 0. The van der Waals surface area contributed by atoms with Gasteiger partial charge in [0.25, 0.3) is 0 Å². The third-order valence-electron chi connectivity index (χ3n) is 2.85. The van der Waals surface area contributed by atoms with Crippen LogP contribution in [0.1, 0.15) is 32.6 Å². The number of esters is 1. The van der Waals surface area contributed by atoms with Gasteiger partial charge in [0.15, 0.2) is 0 Å². The van der Waals surface area contributed by atoms with Gasteiger partial charge in [0, 0.05) is 6.42 Å². The second-order valence-corrected chi connectivity index (χ2v) is 3.77.